The molecule has 1 heterocycles. The molecule has 8 heteroatoms. The Kier molecular flexibility index (Phi) is 5.06. The Morgan fingerprint density at radius 2 is 2.07 bits per heavy atom. The lowest BCUT2D eigenvalue weighted by molar-refractivity contribution is 0.102. The van der Waals surface area contributed by atoms with Gasteiger partial charge in [0, 0.05) is 11.3 Å². The van der Waals surface area contributed by atoms with Gasteiger partial charge in [-0.15, -0.1) is 5.10 Å². The molecular formula is C19H19N5O2S. The fourth-order valence-electron chi connectivity index (χ4n) is 2.59. The first-order chi connectivity index (χ1) is 13.2. The average molecular weight is 381 g/mol. The number of ether oxygens (including phenoxy) is 1. The molecule has 138 valence electrons. The van der Waals surface area contributed by atoms with E-state index in [2.05, 4.69) is 20.8 Å². The molecule has 2 aromatic carbocycles. The summed E-state index contributed by atoms with van der Waals surface area (Å²) in [6, 6.07) is 14.6. The predicted octanol–water partition coefficient (Wildman–Crippen LogP) is 3.43. The van der Waals surface area contributed by atoms with E-state index in [0.717, 1.165) is 18.0 Å². The molecule has 0 atom stereocenters. The fraction of sp³-hybridized carbons (Fsp3) is 0.263. The van der Waals surface area contributed by atoms with E-state index < -0.39 is 0 Å². The molecule has 1 aliphatic carbocycles. The standard InChI is InChI=1S/C19H19N5O2S/c1-27-19-21-22-23-24(19)16-4-2-3-15(11-16)20-18(25)14-7-9-17(10-8-14)26-12-13-5-6-13/h2-4,7-11,13H,5-6,12H2,1H3,(H,20,25). The van der Waals surface area contributed by atoms with Crippen LogP contribution in [0.15, 0.2) is 53.7 Å². The van der Waals surface area contributed by atoms with Crippen molar-refractivity contribution in [1.29, 1.82) is 0 Å². The number of carbonyl (C=O) groups is 1. The van der Waals surface area contributed by atoms with Gasteiger partial charge in [0.1, 0.15) is 5.75 Å². The summed E-state index contributed by atoms with van der Waals surface area (Å²) < 4.78 is 7.34. The fourth-order valence-corrected chi connectivity index (χ4v) is 3.02. The summed E-state index contributed by atoms with van der Waals surface area (Å²) in [6.07, 6.45) is 4.41. The summed E-state index contributed by atoms with van der Waals surface area (Å²) in [4.78, 5) is 12.5. The zero-order valence-electron chi connectivity index (χ0n) is 14.8. The van der Waals surface area contributed by atoms with Crippen LogP contribution in [0.3, 0.4) is 0 Å². The molecule has 0 bridgehead atoms. The summed E-state index contributed by atoms with van der Waals surface area (Å²) in [5.74, 6) is 1.32. The van der Waals surface area contributed by atoms with Crippen LogP contribution in [0, 0.1) is 5.92 Å². The lowest BCUT2D eigenvalue weighted by atomic mass is 10.2. The van der Waals surface area contributed by atoms with Gasteiger partial charge < -0.3 is 10.1 Å². The van der Waals surface area contributed by atoms with Gasteiger partial charge in [0.25, 0.3) is 5.91 Å². The highest BCUT2D eigenvalue weighted by Crippen LogP contribution is 2.29. The minimum Gasteiger partial charge on any atom is -0.493 e. The molecule has 0 saturated heterocycles. The number of anilines is 1. The zero-order valence-corrected chi connectivity index (χ0v) is 15.6. The Balaban J connectivity index is 1.44. The van der Waals surface area contributed by atoms with Gasteiger partial charge in [0.15, 0.2) is 0 Å². The molecule has 1 fully saturated rings. The monoisotopic (exact) mass is 381 g/mol. The SMILES string of the molecule is CSc1nnnn1-c1cccc(NC(=O)c2ccc(OCC3CC3)cc2)c1. The van der Waals surface area contributed by atoms with Gasteiger partial charge in [0.2, 0.25) is 5.16 Å². The van der Waals surface area contributed by atoms with Crippen molar-refractivity contribution in [2.45, 2.75) is 18.0 Å². The molecule has 0 radical (unpaired) electrons. The molecule has 1 N–H and O–H groups in total. The van der Waals surface area contributed by atoms with Crippen molar-refractivity contribution in [3.63, 3.8) is 0 Å². The first-order valence-corrected chi connectivity index (χ1v) is 9.92. The van der Waals surface area contributed by atoms with Crippen molar-refractivity contribution < 1.29 is 9.53 Å². The van der Waals surface area contributed by atoms with Gasteiger partial charge in [-0.05, 0) is 77.9 Å². The third-order valence-electron chi connectivity index (χ3n) is 4.27. The topological polar surface area (TPSA) is 81.9 Å². The molecule has 0 aliphatic heterocycles. The van der Waals surface area contributed by atoms with Gasteiger partial charge in [-0.25, -0.2) is 0 Å². The second-order valence-corrected chi connectivity index (χ2v) is 7.13. The number of benzene rings is 2. The van der Waals surface area contributed by atoms with E-state index in [9.17, 15) is 4.79 Å². The highest BCUT2D eigenvalue weighted by molar-refractivity contribution is 7.98. The van der Waals surface area contributed by atoms with Gasteiger partial charge in [0.05, 0.1) is 12.3 Å². The molecule has 7 nitrogen and oxygen atoms in total. The number of hydrogen-bond acceptors (Lipinski definition) is 6. The second kappa shape index (κ2) is 7.79. The number of nitrogens with one attached hydrogen (secondary N) is 1. The minimum absolute atomic E-state index is 0.178. The number of aromatic nitrogens is 4. The third kappa shape index (κ3) is 4.28. The molecule has 0 unspecified atom stereocenters. The van der Waals surface area contributed by atoms with Gasteiger partial charge in [-0.3, -0.25) is 4.79 Å². The molecule has 3 aromatic rings. The van der Waals surface area contributed by atoms with E-state index in [4.69, 9.17) is 4.74 Å². The van der Waals surface area contributed by atoms with Gasteiger partial charge in [-0.1, -0.05) is 17.8 Å². The molecule has 27 heavy (non-hydrogen) atoms. The van der Waals surface area contributed by atoms with E-state index in [-0.39, 0.29) is 5.91 Å². The Morgan fingerprint density at radius 3 is 2.81 bits per heavy atom. The van der Waals surface area contributed by atoms with Gasteiger partial charge >= 0.3 is 0 Å². The van der Waals surface area contributed by atoms with Crippen LogP contribution in [0.2, 0.25) is 0 Å². The van der Waals surface area contributed by atoms with Crippen molar-refractivity contribution >= 4 is 23.4 Å². The Hall–Kier alpha value is -2.87. The van der Waals surface area contributed by atoms with Crippen LogP contribution >= 0.6 is 11.8 Å². The molecule has 4 rings (SSSR count). The highest BCUT2D eigenvalue weighted by Gasteiger charge is 2.21. The van der Waals surface area contributed by atoms with E-state index >= 15 is 0 Å². The third-order valence-corrected chi connectivity index (χ3v) is 4.89. The van der Waals surface area contributed by atoms with Crippen LogP contribution in [0.4, 0.5) is 5.69 Å². The maximum Gasteiger partial charge on any atom is 0.255 e. The molecule has 1 aromatic heterocycles. The van der Waals surface area contributed by atoms with E-state index in [1.54, 1.807) is 16.8 Å². The maximum atomic E-state index is 12.5. The number of carbonyl (C=O) groups excluding carboxylic acids is 1. The van der Waals surface area contributed by atoms with Crippen molar-refractivity contribution in [3.05, 3.63) is 54.1 Å². The number of tetrazole rings is 1. The molecule has 1 aliphatic rings. The van der Waals surface area contributed by atoms with Crippen LogP contribution in [0.25, 0.3) is 5.69 Å². The number of nitrogens with zero attached hydrogens (tertiary/aromatic N) is 4. The van der Waals surface area contributed by atoms with Crippen molar-refractivity contribution in [2.24, 2.45) is 5.92 Å². The average Bonchev–Trinajstić information content (AvgIpc) is 3.41. The summed E-state index contributed by atoms with van der Waals surface area (Å²) in [5.41, 5.74) is 2.03. The molecule has 1 saturated carbocycles. The van der Waals surface area contributed by atoms with Crippen molar-refractivity contribution in [3.8, 4) is 11.4 Å². The van der Waals surface area contributed by atoms with E-state index in [0.29, 0.717) is 22.3 Å². The van der Waals surface area contributed by atoms with Crippen molar-refractivity contribution in [2.75, 3.05) is 18.2 Å². The largest absolute Gasteiger partial charge is 0.493 e. The van der Waals surface area contributed by atoms with Crippen LogP contribution in [-0.2, 0) is 0 Å². The normalized spacial score (nSPS) is 13.4. The van der Waals surface area contributed by atoms with Crippen LogP contribution in [0.1, 0.15) is 23.2 Å². The zero-order chi connectivity index (χ0) is 18.6. The van der Waals surface area contributed by atoms with E-state index in [1.165, 1.54) is 24.6 Å². The van der Waals surface area contributed by atoms with Crippen LogP contribution in [-0.4, -0.2) is 39.0 Å². The molecular weight excluding hydrogens is 362 g/mol. The number of amides is 1. The second-order valence-electron chi connectivity index (χ2n) is 6.36. The highest BCUT2D eigenvalue weighted by atomic mass is 32.2. The van der Waals surface area contributed by atoms with Crippen molar-refractivity contribution in [1.82, 2.24) is 20.2 Å². The maximum absolute atomic E-state index is 12.5. The number of hydrogen-bond donors (Lipinski definition) is 1. The van der Waals surface area contributed by atoms with Gasteiger partial charge in [-0.2, -0.15) is 4.68 Å². The molecule has 0 spiro atoms. The Bertz CT molecular complexity index is 937. The Morgan fingerprint density at radius 1 is 1.26 bits per heavy atom. The molecule has 1 amide bonds. The Labute approximate surface area is 161 Å². The predicted molar refractivity (Wildman–Crippen MR) is 104 cm³/mol. The van der Waals surface area contributed by atoms with E-state index in [1.807, 2.05) is 42.7 Å². The minimum atomic E-state index is -0.178. The summed E-state index contributed by atoms with van der Waals surface area (Å²) >= 11 is 1.45. The van der Waals surface area contributed by atoms with Crippen LogP contribution < -0.4 is 10.1 Å². The first-order valence-electron chi connectivity index (χ1n) is 8.70. The lowest BCUT2D eigenvalue weighted by Crippen LogP contribution is -2.12. The summed E-state index contributed by atoms with van der Waals surface area (Å²) in [6.45, 7) is 0.757. The number of thioether (sulfide) groups is 1. The quantitative estimate of drug-likeness (QED) is 0.632. The first kappa shape index (κ1) is 17.5. The summed E-state index contributed by atoms with van der Waals surface area (Å²) in [5, 5.41) is 15.2. The van der Waals surface area contributed by atoms with Crippen LogP contribution in [0.5, 0.6) is 5.75 Å². The number of rotatable bonds is 7. The summed E-state index contributed by atoms with van der Waals surface area (Å²) in [7, 11) is 0. The smallest absolute Gasteiger partial charge is 0.255 e. The lowest BCUT2D eigenvalue weighted by Gasteiger charge is -2.09.